The van der Waals surface area contributed by atoms with Crippen molar-refractivity contribution in [2.24, 2.45) is 0 Å². The molecule has 0 amide bonds. The van der Waals surface area contributed by atoms with Crippen LogP contribution in [0.4, 0.5) is 0 Å². The molecule has 1 unspecified atom stereocenters. The molecule has 8 heteroatoms. The molecule has 1 aromatic carbocycles. The second-order valence-electron chi connectivity index (χ2n) is 6.00. The molecular formula is C15H23BrClN3O2S. The van der Waals surface area contributed by atoms with Crippen molar-refractivity contribution >= 4 is 38.4 Å². The molecule has 1 atom stereocenters. The van der Waals surface area contributed by atoms with Crippen molar-refractivity contribution in [1.82, 2.24) is 14.5 Å². The molecule has 0 bridgehead atoms. The molecule has 5 nitrogen and oxygen atoms in total. The zero-order chi connectivity index (χ0) is 15.7. The summed E-state index contributed by atoms with van der Waals surface area (Å²) in [5, 5.41) is 3.37. The van der Waals surface area contributed by atoms with Crippen molar-refractivity contribution in [3.63, 3.8) is 0 Å². The molecule has 2 aliphatic rings. The summed E-state index contributed by atoms with van der Waals surface area (Å²) >= 11 is 3.37. The number of aryl methyl sites for hydroxylation is 1. The average molecular weight is 425 g/mol. The molecule has 0 spiro atoms. The van der Waals surface area contributed by atoms with Gasteiger partial charge < -0.3 is 5.32 Å². The Morgan fingerprint density at radius 3 is 2.52 bits per heavy atom. The number of piperazine rings is 1. The molecule has 2 saturated heterocycles. The molecule has 0 radical (unpaired) electrons. The number of sulfonamides is 1. The number of halogens is 2. The van der Waals surface area contributed by atoms with Gasteiger partial charge in [-0.25, -0.2) is 8.42 Å². The molecule has 130 valence electrons. The second-order valence-corrected chi connectivity index (χ2v) is 8.82. The third kappa shape index (κ3) is 4.08. The molecule has 3 rings (SSSR count). The zero-order valence-corrected chi connectivity index (χ0v) is 16.4. The summed E-state index contributed by atoms with van der Waals surface area (Å²) in [6.45, 7) is 6.73. The van der Waals surface area contributed by atoms with Gasteiger partial charge in [-0.3, -0.25) is 4.90 Å². The smallest absolute Gasteiger partial charge is 0.243 e. The Bertz CT molecular complexity index is 642. The van der Waals surface area contributed by atoms with Crippen molar-refractivity contribution in [3.8, 4) is 0 Å². The fraction of sp³-hybridized carbons (Fsp3) is 0.600. The largest absolute Gasteiger partial charge is 0.315 e. The van der Waals surface area contributed by atoms with Crippen LogP contribution >= 0.6 is 28.3 Å². The highest BCUT2D eigenvalue weighted by Gasteiger charge is 2.32. The van der Waals surface area contributed by atoms with Crippen LogP contribution in [0.25, 0.3) is 0 Å². The van der Waals surface area contributed by atoms with Crippen LogP contribution in [0.15, 0.2) is 27.6 Å². The predicted octanol–water partition coefficient (Wildman–Crippen LogP) is 1.85. The molecule has 1 aromatic rings. The summed E-state index contributed by atoms with van der Waals surface area (Å²) in [5.41, 5.74) is 0.797. The fourth-order valence-electron chi connectivity index (χ4n) is 3.25. The van der Waals surface area contributed by atoms with E-state index in [0.29, 0.717) is 24.0 Å². The van der Waals surface area contributed by atoms with E-state index < -0.39 is 10.0 Å². The van der Waals surface area contributed by atoms with Gasteiger partial charge in [0, 0.05) is 43.2 Å². The van der Waals surface area contributed by atoms with E-state index in [0.717, 1.165) is 42.6 Å². The molecule has 1 N–H and O–H groups in total. The first kappa shape index (κ1) is 19.1. The van der Waals surface area contributed by atoms with E-state index in [1.807, 2.05) is 19.1 Å². The summed E-state index contributed by atoms with van der Waals surface area (Å²) < 4.78 is 28.1. The number of nitrogens with zero attached hydrogens (tertiary/aromatic N) is 2. The van der Waals surface area contributed by atoms with Crippen molar-refractivity contribution in [2.45, 2.75) is 24.3 Å². The lowest BCUT2D eigenvalue weighted by Gasteiger charge is -2.37. The minimum atomic E-state index is -3.40. The number of hydrogen-bond acceptors (Lipinski definition) is 4. The minimum absolute atomic E-state index is 0. The summed E-state index contributed by atoms with van der Waals surface area (Å²) in [6, 6.07) is 5.99. The maximum Gasteiger partial charge on any atom is 0.243 e. The lowest BCUT2D eigenvalue weighted by molar-refractivity contribution is 0.145. The maximum absolute atomic E-state index is 12.9. The molecule has 23 heavy (non-hydrogen) atoms. The fourth-order valence-corrected chi connectivity index (χ4v) is 5.44. The summed E-state index contributed by atoms with van der Waals surface area (Å²) in [4.78, 5) is 2.83. The normalized spacial score (nSPS) is 23.7. The van der Waals surface area contributed by atoms with E-state index in [1.54, 1.807) is 10.4 Å². The highest BCUT2D eigenvalue weighted by Crippen LogP contribution is 2.25. The highest BCUT2D eigenvalue weighted by atomic mass is 79.9. The molecule has 2 heterocycles. The van der Waals surface area contributed by atoms with Crippen LogP contribution < -0.4 is 5.32 Å². The Hall–Kier alpha value is -0.180. The first-order valence-electron chi connectivity index (χ1n) is 7.69. The Morgan fingerprint density at radius 2 is 1.91 bits per heavy atom. The third-order valence-electron chi connectivity index (χ3n) is 4.59. The van der Waals surface area contributed by atoms with E-state index in [4.69, 9.17) is 0 Å². The van der Waals surface area contributed by atoms with Crippen molar-refractivity contribution in [2.75, 3.05) is 39.3 Å². The van der Waals surface area contributed by atoms with Crippen LogP contribution in [0.3, 0.4) is 0 Å². The number of hydrogen-bond donors (Lipinski definition) is 1. The van der Waals surface area contributed by atoms with E-state index in [9.17, 15) is 8.42 Å². The number of rotatable bonds is 3. The van der Waals surface area contributed by atoms with Crippen LogP contribution in [0.5, 0.6) is 0 Å². The van der Waals surface area contributed by atoms with Crippen LogP contribution in [-0.2, 0) is 10.0 Å². The first-order valence-corrected chi connectivity index (χ1v) is 9.93. The summed E-state index contributed by atoms with van der Waals surface area (Å²) in [5.74, 6) is 0. The van der Waals surface area contributed by atoms with Crippen molar-refractivity contribution in [1.29, 1.82) is 0 Å². The first-order chi connectivity index (χ1) is 10.5. The monoisotopic (exact) mass is 423 g/mol. The molecule has 0 aromatic heterocycles. The van der Waals surface area contributed by atoms with Crippen molar-refractivity contribution < 1.29 is 8.42 Å². The van der Waals surface area contributed by atoms with E-state index >= 15 is 0 Å². The van der Waals surface area contributed by atoms with E-state index in [1.165, 1.54) is 0 Å². The van der Waals surface area contributed by atoms with Crippen LogP contribution in [0.1, 0.15) is 12.0 Å². The zero-order valence-electron chi connectivity index (χ0n) is 13.2. The van der Waals surface area contributed by atoms with Gasteiger partial charge in [0.15, 0.2) is 0 Å². The topological polar surface area (TPSA) is 52.7 Å². The lowest BCUT2D eigenvalue weighted by Crippen LogP contribution is -2.52. The average Bonchev–Trinajstić information content (AvgIpc) is 3.04. The Labute approximate surface area is 153 Å². The quantitative estimate of drug-likeness (QED) is 0.804. The van der Waals surface area contributed by atoms with Gasteiger partial charge in [-0.05, 0) is 37.6 Å². The summed E-state index contributed by atoms with van der Waals surface area (Å²) in [7, 11) is -3.40. The van der Waals surface area contributed by atoms with E-state index in [-0.39, 0.29) is 12.4 Å². The summed E-state index contributed by atoms with van der Waals surface area (Å²) in [6.07, 6.45) is 1.16. The SMILES string of the molecule is Cc1ccc(Br)cc1S(=O)(=O)N1CCN(C2CCNC2)CC1.Cl. The second kappa shape index (κ2) is 7.80. The molecular weight excluding hydrogens is 402 g/mol. The van der Waals surface area contributed by atoms with Crippen LogP contribution in [0.2, 0.25) is 0 Å². The lowest BCUT2D eigenvalue weighted by atomic mass is 10.2. The van der Waals surface area contributed by atoms with Gasteiger partial charge in [0.05, 0.1) is 4.90 Å². The molecule has 2 aliphatic heterocycles. The van der Waals surface area contributed by atoms with Gasteiger partial charge in [0.1, 0.15) is 0 Å². The van der Waals surface area contributed by atoms with Gasteiger partial charge >= 0.3 is 0 Å². The Morgan fingerprint density at radius 1 is 1.22 bits per heavy atom. The van der Waals surface area contributed by atoms with Crippen LogP contribution in [0, 0.1) is 6.92 Å². The molecule has 2 fully saturated rings. The Balaban J connectivity index is 0.00000192. The van der Waals surface area contributed by atoms with Gasteiger partial charge in [0.25, 0.3) is 0 Å². The minimum Gasteiger partial charge on any atom is -0.315 e. The van der Waals surface area contributed by atoms with Gasteiger partial charge in [-0.1, -0.05) is 22.0 Å². The maximum atomic E-state index is 12.9. The van der Waals surface area contributed by atoms with Crippen LogP contribution in [-0.4, -0.2) is 62.9 Å². The number of nitrogens with one attached hydrogen (secondary N) is 1. The molecule has 0 aliphatic carbocycles. The highest BCUT2D eigenvalue weighted by molar-refractivity contribution is 9.10. The Kier molecular flexibility index (Phi) is 6.49. The molecule has 0 saturated carbocycles. The van der Waals surface area contributed by atoms with E-state index in [2.05, 4.69) is 26.1 Å². The third-order valence-corrected chi connectivity index (χ3v) is 7.13. The number of benzene rings is 1. The standard InChI is InChI=1S/C15H22BrN3O2S.ClH/c1-12-2-3-13(16)10-15(12)22(20,21)19-8-6-18(7-9-19)14-4-5-17-11-14;/h2-3,10,14,17H,4-9,11H2,1H3;1H. The van der Waals surface area contributed by atoms with Crippen molar-refractivity contribution in [3.05, 3.63) is 28.2 Å². The predicted molar refractivity (Wildman–Crippen MR) is 97.7 cm³/mol. The van der Waals surface area contributed by atoms with Gasteiger partial charge in [-0.15, -0.1) is 12.4 Å². The van der Waals surface area contributed by atoms with Gasteiger partial charge in [-0.2, -0.15) is 4.31 Å². The van der Waals surface area contributed by atoms with Gasteiger partial charge in [0.2, 0.25) is 10.0 Å².